The van der Waals surface area contributed by atoms with Crippen LogP contribution in [0.1, 0.15) is 88.9 Å². The fraction of sp³-hybridized carbons (Fsp3) is 0.203. The first-order valence-electron chi connectivity index (χ1n) is 22.7. The van der Waals surface area contributed by atoms with Gasteiger partial charge < -0.3 is 9.30 Å². The van der Waals surface area contributed by atoms with Crippen molar-refractivity contribution in [3.8, 4) is 45.3 Å². The van der Waals surface area contributed by atoms with Gasteiger partial charge in [0.05, 0.1) is 16.7 Å². The average molecular weight is 833 g/mol. The lowest BCUT2D eigenvalue weighted by molar-refractivity contribution is 0.281. The van der Waals surface area contributed by atoms with Crippen molar-refractivity contribution in [2.45, 2.75) is 77.7 Å². The van der Waals surface area contributed by atoms with Gasteiger partial charge in [0.15, 0.2) is 17.5 Å². The molecule has 0 N–H and O–H groups in total. The predicted octanol–water partition coefficient (Wildman–Crippen LogP) is 14.9. The van der Waals surface area contributed by atoms with Crippen LogP contribution in [0.5, 0.6) is 5.75 Å². The molecule has 6 aromatic carbocycles. The number of rotatable bonds is 6. The molecule has 11 rings (SSSR count). The van der Waals surface area contributed by atoms with Gasteiger partial charge in [-0.2, -0.15) is 0 Å². The molecule has 8 aromatic rings. The molecule has 0 spiro atoms. The Morgan fingerprint density at radius 1 is 0.531 bits per heavy atom. The van der Waals surface area contributed by atoms with E-state index >= 15 is 0 Å². The number of allylic oxidation sites excluding steroid dienone is 6. The molecule has 3 aliphatic rings. The minimum absolute atomic E-state index is 0.00509. The van der Waals surface area contributed by atoms with E-state index < -0.39 is 0 Å². The minimum atomic E-state index is -0.0928. The highest BCUT2D eigenvalue weighted by Gasteiger charge is 2.32. The lowest BCUT2D eigenvalue weighted by Crippen LogP contribution is -2.16. The molecule has 5 nitrogen and oxygen atoms in total. The number of hydrogen-bond acceptors (Lipinski definition) is 4. The zero-order valence-electron chi connectivity index (χ0n) is 37.5. The summed E-state index contributed by atoms with van der Waals surface area (Å²) in [7, 11) is 0. The maximum Gasteiger partial charge on any atom is 0.164 e. The molecular weight excluding hydrogens is 781 g/mol. The molecule has 1 aliphatic heterocycles. The van der Waals surface area contributed by atoms with Gasteiger partial charge in [0.1, 0.15) is 11.9 Å². The second-order valence-corrected chi connectivity index (χ2v) is 19.5. The highest BCUT2D eigenvalue weighted by Crippen LogP contribution is 2.46. The van der Waals surface area contributed by atoms with Crippen molar-refractivity contribution in [1.29, 1.82) is 0 Å². The molecule has 64 heavy (non-hydrogen) atoms. The third kappa shape index (κ3) is 7.00. The van der Waals surface area contributed by atoms with Crippen molar-refractivity contribution in [1.82, 2.24) is 19.5 Å². The van der Waals surface area contributed by atoms with Crippen LogP contribution in [0.15, 0.2) is 164 Å². The van der Waals surface area contributed by atoms with E-state index in [0.717, 1.165) is 57.7 Å². The first-order valence-corrected chi connectivity index (χ1v) is 22.7. The zero-order valence-corrected chi connectivity index (χ0v) is 37.5. The van der Waals surface area contributed by atoms with Crippen LogP contribution >= 0.6 is 0 Å². The van der Waals surface area contributed by atoms with Crippen molar-refractivity contribution < 1.29 is 4.74 Å². The Morgan fingerprint density at radius 3 is 1.77 bits per heavy atom. The Labute approximate surface area is 376 Å². The largest absolute Gasteiger partial charge is 0.485 e. The summed E-state index contributed by atoms with van der Waals surface area (Å²) in [5.74, 6) is 2.87. The molecule has 0 saturated carbocycles. The molecule has 0 amide bonds. The third-order valence-corrected chi connectivity index (χ3v) is 13.2. The van der Waals surface area contributed by atoms with Gasteiger partial charge in [-0.25, -0.2) is 15.0 Å². The van der Waals surface area contributed by atoms with Crippen LogP contribution in [-0.4, -0.2) is 25.6 Å². The van der Waals surface area contributed by atoms with Crippen LogP contribution in [0.4, 0.5) is 0 Å². The van der Waals surface area contributed by atoms with Gasteiger partial charge in [-0.15, -0.1) is 0 Å². The molecule has 1 unspecified atom stereocenters. The SMILES string of the molecule is CC(C)(C)c1ccc2c(c1)c1cc(C(C)(C)C)ccc1n2-c1c(C2=CC=CCC2)cc(-c2nc(C3=CC=C4c5ccccc5OC4C3)nc(-c3ccccc3)n2)cc1-c1ccccc1. The first-order chi connectivity index (χ1) is 31.0. The fourth-order valence-electron chi connectivity index (χ4n) is 9.65. The zero-order chi connectivity index (χ0) is 43.7. The average Bonchev–Trinajstić information content (AvgIpc) is 3.86. The molecule has 5 heteroatoms. The molecule has 0 saturated heterocycles. The van der Waals surface area contributed by atoms with E-state index in [1.807, 2.05) is 24.3 Å². The third-order valence-electron chi connectivity index (χ3n) is 13.2. The van der Waals surface area contributed by atoms with E-state index in [0.29, 0.717) is 23.9 Å². The standard InChI is InChI=1S/C59H52N4O/c1-58(2,3)42-27-30-50-48(35-42)49-36-43(59(4,5)6)28-31-51(49)63(50)54-46(37-18-10-7-11-19-37)32-41(33-47(54)38-20-12-8-13-21-38)57-61-55(39-22-14-9-15-23-39)60-56(62-57)40-26-29-45-44-24-16-17-25-52(44)64-53(45)34-40/h7-12,14-20,22-33,35-36,53H,13,21,34H2,1-6H3. The van der Waals surface area contributed by atoms with E-state index in [-0.39, 0.29) is 16.9 Å². The topological polar surface area (TPSA) is 52.8 Å². The van der Waals surface area contributed by atoms with Gasteiger partial charge >= 0.3 is 0 Å². The Morgan fingerprint density at radius 2 is 1.12 bits per heavy atom. The van der Waals surface area contributed by atoms with Crippen molar-refractivity contribution in [3.63, 3.8) is 0 Å². The Hall–Kier alpha value is -7.11. The fourth-order valence-corrected chi connectivity index (χ4v) is 9.65. The first kappa shape index (κ1) is 39.7. The molecule has 0 radical (unpaired) electrons. The van der Waals surface area contributed by atoms with E-state index in [4.69, 9.17) is 19.7 Å². The quantitative estimate of drug-likeness (QED) is 0.167. The van der Waals surface area contributed by atoms with E-state index in [1.54, 1.807) is 0 Å². The Kier molecular flexibility index (Phi) is 9.50. The summed E-state index contributed by atoms with van der Waals surface area (Å²) < 4.78 is 9.04. The molecule has 0 bridgehead atoms. The van der Waals surface area contributed by atoms with E-state index in [1.165, 1.54) is 49.6 Å². The molecule has 2 aromatic heterocycles. The highest BCUT2D eigenvalue weighted by molar-refractivity contribution is 6.11. The van der Waals surface area contributed by atoms with Gasteiger partial charge in [0, 0.05) is 56.2 Å². The molecule has 1 atom stereocenters. The number of benzene rings is 6. The summed E-state index contributed by atoms with van der Waals surface area (Å²) in [4.78, 5) is 15.9. The summed E-state index contributed by atoms with van der Waals surface area (Å²) in [5, 5.41) is 2.53. The van der Waals surface area contributed by atoms with Gasteiger partial charge in [-0.05, 0) is 88.4 Å². The maximum atomic E-state index is 6.50. The summed E-state index contributed by atoms with van der Waals surface area (Å²) in [5.41, 5.74) is 16.1. The second kappa shape index (κ2) is 15.3. The summed E-state index contributed by atoms with van der Waals surface area (Å²) in [6.45, 7) is 13.8. The van der Waals surface area contributed by atoms with Gasteiger partial charge in [-0.3, -0.25) is 0 Å². The summed E-state index contributed by atoms with van der Waals surface area (Å²) in [6.07, 6.45) is 13.6. The number of hydrogen-bond donors (Lipinski definition) is 0. The summed E-state index contributed by atoms with van der Waals surface area (Å²) in [6, 6.07) is 48.3. The molecule has 314 valence electrons. The number of fused-ring (bicyclic) bond motifs is 6. The number of para-hydroxylation sites is 1. The molecular formula is C59H52N4O. The smallest absolute Gasteiger partial charge is 0.164 e. The van der Waals surface area contributed by atoms with Crippen molar-refractivity contribution in [3.05, 3.63) is 192 Å². The minimum Gasteiger partial charge on any atom is -0.485 e. The Balaban J connectivity index is 1.19. The lowest BCUT2D eigenvalue weighted by atomic mass is 9.85. The van der Waals surface area contributed by atoms with Crippen molar-refractivity contribution in [2.75, 3.05) is 0 Å². The van der Waals surface area contributed by atoms with Gasteiger partial charge in [0.25, 0.3) is 0 Å². The van der Waals surface area contributed by atoms with Crippen molar-refractivity contribution in [2.24, 2.45) is 0 Å². The van der Waals surface area contributed by atoms with Crippen LogP contribution in [0, 0.1) is 0 Å². The van der Waals surface area contributed by atoms with Crippen LogP contribution < -0.4 is 4.74 Å². The molecule has 2 aliphatic carbocycles. The van der Waals surface area contributed by atoms with Crippen LogP contribution in [0.25, 0.3) is 78.1 Å². The Bertz CT molecular complexity index is 3210. The van der Waals surface area contributed by atoms with Crippen LogP contribution in [-0.2, 0) is 10.8 Å². The molecule has 0 fully saturated rings. The van der Waals surface area contributed by atoms with Crippen LogP contribution in [0.2, 0.25) is 0 Å². The monoisotopic (exact) mass is 832 g/mol. The highest BCUT2D eigenvalue weighted by atomic mass is 16.5. The number of aromatic nitrogens is 4. The number of ether oxygens (including phenoxy) is 1. The van der Waals surface area contributed by atoms with Crippen molar-refractivity contribution >= 4 is 38.5 Å². The predicted molar refractivity (Wildman–Crippen MR) is 266 cm³/mol. The van der Waals surface area contributed by atoms with Gasteiger partial charge in [0.2, 0.25) is 0 Å². The van der Waals surface area contributed by atoms with Crippen LogP contribution in [0.3, 0.4) is 0 Å². The molecule has 3 heterocycles. The lowest BCUT2D eigenvalue weighted by Gasteiger charge is -2.24. The normalized spacial score (nSPS) is 16.0. The van der Waals surface area contributed by atoms with Gasteiger partial charge in [-0.1, -0.05) is 163 Å². The van der Waals surface area contributed by atoms with E-state index in [2.05, 4.69) is 186 Å². The van der Waals surface area contributed by atoms with E-state index in [9.17, 15) is 0 Å². The second-order valence-electron chi connectivity index (χ2n) is 19.5. The number of nitrogens with zero attached hydrogens (tertiary/aromatic N) is 4. The summed E-state index contributed by atoms with van der Waals surface area (Å²) >= 11 is 0. The maximum absolute atomic E-state index is 6.50.